The van der Waals surface area contributed by atoms with Crippen molar-refractivity contribution in [2.24, 2.45) is 0 Å². The van der Waals surface area contributed by atoms with Gasteiger partial charge in [-0.05, 0) is 52.6 Å². The number of sulfone groups is 1. The summed E-state index contributed by atoms with van der Waals surface area (Å²) in [5.74, 6) is 0.0310. The van der Waals surface area contributed by atoms with Crippen LogP contribution in [0.1, 0.15) is 17.0 Å². The summed E-state index contributed by atoms with van der Waals surface area (Å²) >= 11 is 0. The Kier molecular flexibility index (Phi) is 3.84. The third-order valence-corrected chi connectivity index (χ3v) is 7.87. The summed E-state index contributed by atoms with van der Waals surface area (Å²) in [5.41, 5.74) is 4.14. The molecular weight excluding hydrogens is 358 g/mol. The SMILES string of the molecule is O=S1(=O)c2ccc(-c3cccnc3)cc2[C@@H]2CN(Cc3ccncc3)C[C@H]21. The largest absolute Gasteiger partial charge is 0.297 e. The van der Waals surface area contributed by atoms with Gasteiger partial charge in [0.15, 0.2) is 9.84 Å². The topological polar surface area (TPSA) is 63.2 Å². The Balaban J connectivity index is 1.49. The van der Waals surface area contributed by atoms with Crippen molar-refractivity contribution >= 4 is 9.84 Å². The fraction of sp³-hybridized carbons (Fsp3) is 0.238. The van der Waals surface area contributed by atoms with E-state index in [0.29, 0.717) is 11.4 Å². The number of pyridine rings is 2. The normalized spacial score (nSPS) is 23.1. The van der Waals surface area contributed by atoms with Crippen LogP contribution in [0.4, 0.5) is 0 Å². The van der Waals surface area contributed by atoms with Crippen molar-refractivity contribution in [2.45, 2.75) is 22.6 Å². The Hall–Kier alpha value is -2.57. The van der Waals surface area contributed by atoms with E-state index in [9.17, 15) is 8.42 Å². The summed E-state index contributed by atoms with van der Waals surface area (Å²) in [7, 11) is -3.28. The molecule has 2 aliphatic rings. The highest BCUT2D eigenvalue weighted by atomic mass is 32.2. The number of hydrogen-bond acceptors (Lipinski definition) is 5. The van der Waals surface area contributed by atoms with Crippen molar-refractivity contribution in [3.05, 3.63) is 78.4 Å². The zero-order chi connectivity index (χ0) is 18.4. The van der Waals surface area contributed by atoms with Gasteiger partial charge in [0.05, 0.1) is 10.1 Å². The number of hydrogen-bond donors (Lipinski definition) is 0. The van der Waals surface area contributed by atoms with Crippen LogP contribution in [-0.2, 0) is 16.4 Å². The van der Waals surface area contributed by atoms with E-state index in [0.717, 1.165) is 35.3 Å². The van der Waals surface area contributed by atoms with Crippen molar-refractivity contribution in [3.63, 3.8) is 0 Å². The lowest BCUT2D eigenvalue weighted by molar-refractivity contribution is 0.325. The molecule has 2 aliphatic heterocycles. The summed E-state index contributed by atoms with van der Waals surface area (Å²) in [6, 6.07) is 13.6. The zero-order valence-corrected chi connectivity index (χ0v) is 15.5. The van der Waals surface area contributed by atoms with Crippen molar-refractivity contribution in [2.75, 3.05) is 13.1 Å². The Morgan fingerprint density at radius 3 is 2.59 bits per heavy atom. The predicted molar refractivity (Wildman–Crippen MR) is 103 cm³/mol. The molecule has 3 aromatic rings. The summed E-state index contributed by atoms with van der Waals surface area (Å²) in [6.45, 7) is 2.09. The highest BCUT2D eigenvalue weighted by Gasteiger charge is 2.50. The van der Waals surface area contributed by atoms with Gasteiger partial charge < -0.3 is 0 Å². The van der Waals surface area contributed by atoms with Crippen LogP contribution >= 0.6 is 0 Å². The Bertz CT molecular complexity index is 1080. The number of nitrogens with zero attached hydrogens (tertiary/aromatic N) is 3. The number of aromatic nitrogens is 2. The molecule has 0 bridgehead atoms. The van der Waals surface area contributed by atoms with E-state index in [-0.39, 0.29) is 11.2 Å². The van der Waals surface area contributed by atoms with Crippen LogP contribution in [0.15, 0.2) is 72.1 Å². The van der Waals surface area contributed by atoms with Gasteiger partial charge in [-0.15, -0.1) is 0 Å². The third-order valence-electron chi connectivity index (χ3n) is 5.61. The van der Waals surface area contributed by atoms with Crippen LogP contribution in [-0.4, -0.2) is 41.6 Å². The maximum Gasteiger partial charge on any atom is 0.183 e. The fourth-order valence-corrected chi connectivity index (χ4v) is 6.51. The van der Waals surface area contributed by atoms with E-state index in [1.165, 1.54) is 0 Å². The number of fused-ring (bicyclic) bond motifs is 3. The van der Waals surface area contributed by atoms with Crippen molar-refractivity contribution < 1.29 is 8.42 Å². The second-order valence-corrected chi connectivity index (χ2v) is 9.37. The smallest absolute Gasteiger partial charge is 0.183 e. The summed E-state index contributed by atoms with van der Waals surface area (Å²) in [4.78, 5) is 11.0. The molecule has 6 heteroatoms. The van der Waals surface area contributed by atoms with E-state index < -0.39 is 9.84 Å². The average Bonchev–Trinajstić information content (AvgIpc) is 3.21. The molecule has 4 heterocycles. The first kappa shape index (κ1) is 16.6. The lowest BCUT2D eigenvalue weighted by atomic mass is 9.95. The van der Waals surface area contributed by atoms with Crippen molar-refractivity contribution in [1.82, 2.24) is 14.9 Å². The molecule has 27 heavy (non-hydrogen) atoms. The molecule has 0 spiro atoms. The molecule has 0 aliphatic carbocycles. The molecule has 136 valence electrons. The number of rotatable bonds is 3. The van der Waals surface area contributed by atoms with E-state index in [4.69, 9.17) is 0 Å². The van der Waals surface area contributed by atoms with Gasteiger partial charge in [-0.1, -0.05) is 12.1 Å². The van der Waals surface area contributed by atoms with Gasteiger partial charge in [-0.3, -0.25) is 14.9 Å². The fourth-order valence-electron chi connectivity index (χ4n) is 4.31. The minimum atomic E-state index is -3.28. The number of likely N-dealkylation sites (tertiary alicyclic amines) is 1. The Morgan fingerprint density at radius 2 is 1.81 bits per heavy atom. The van der Waals surface area contributed by atoms with Crippen LogP contribution in [0.5, 0.6) is 0 Å². The van der Waals surface area contributed by atoms with E-state index in [1.807, 2.05) is 42.6 Å². The Morgan fingerprint density at radius 1 is 0.963 bits per heavy atom. The lowest BCUT2D eigenvalue weighted by Gasteiger charge is -2.17. The van der Waals surface area contributed by atoms with Crippen molar-refractivity contribution in [1.29, 1.82) is 0 Å². The van der Waals surface area contributed by atoms with Gasteiger partial charge in [-0.2, -0.15) is 0 Å². The van der Waals surface area contributed by atoms with Gasteiger partial charge >= 0.3 is 0 Å². The van der Waals surface area contributed by atoms with Gasteiger partial charge in [0.1, 0.15) is 0 Å². The zero-order valence-electron chi connectivity index (χ0n) is 14.7. The highest BCUT2D eigenvalue weighted by Crippen LogP contribution is 2.46. The standard InChI is InChI=1S/C21H19N3O2S/c25-27(26)20-4-3-16(17-2-1-7-23-11-17)10-18(20)19-13-24(14-21(19)27)12-15-5-8-22-9-6-15/h1-11,19,21H,12-14H2/t19-,21+/m0/s1. The molecule has 2 aromatic heterocycles. The van der Waals surface area contributed by atoms with Gasteiger partial charge in [0.25, 0.3) is 0 Å². The quantitative estimate of drug-likeness (QED) is 0.702. The second kappa shape index (κ2) is 6.25. The van der Waals surface area contributed by atoms with Crippen LogP contribution in [0.2, 0.25) is 0 Å². The molecule has 1 fully saturated rings. The van der Waals surface area contributed by atoms with Crippen LogP contribution < -0.4 is 0 Å². The molecule has 1 saturated heterocycles. The minimum absolute atomic E-state index is 0.0310. The van der Waals surface area contributed by atoms with Gasteiger partial charge in [0, 0.05) is 50.3 Å². The first-order chi connectivity index (χ1) is 13.1. The highest BCUT2D eigenvalue weighted by molar-refractivity contribution is 7.92. The molecule has 5 nitrogen and oxygen atoms in total. The average molecular weight is 377 g/mol. The summed E-state index contributed by atoms with van der Waals surface area (Å²) < 4.78 is 26.1. The summed E-state index contributed by atoms with van der Waals surface area (Å²) in [5, 5.41) is -0.349. The molecular formula is C21H19N3O2S. The van der Waals surface area contributed by atoms with Gasteiger partial charge in [0.2, 0.25) is 0 Å². The molecule has 0 N–H and O–H groups in total. The maximum atomic E-state index is 13.1. The molecule has 0 saturated carbocycles. The van der Waals surface area contributed by atoms with E-state index in [2.05, 4.69) is 14.9 Å². The predicted octanol–water partition coefficient (Wildman–Crippen LogP) is 2.90. The van der Waals surface area contributed by atoms with Crippen LogP contribution in [0, 0.1) is 0 Å². The van der Waals surface area contributed by atoms with E-state index in [1.54, 1.807) is 24.7 Å². The maximum absolute atomic E-state index is 13.1. The first-order valence-electron chi connectivity index (χ1n) is 9.02. The molecule has 5 rings (SSSR count). The molecule has 0 unspecified atom stereocenters. The molecule has 0 amide bonds. The molecule has 1 aromatic carbocycles. The Labute approximate surface area is 158 Å². The van der Waals surface area contributed by atoms with E-state index >= 15 is 0 Å². The lowest BCUT2D eigenvalue weighted by Crippen LogP contribution is -2.25. The summed E-state index contributed by atoms with van der Waals surface area (Å²) in [6.07, 6.45) is 7.11. The first-order valence-corrected chi connectivity index (χ1v) is 10.6. The molecule has 0 radical (unpaired) electrons. The van der Waals surface area contributed by atoms with Crippen LogP contribution in [0.3, 0.4) is 0 Å². The minimum Gasteiger partial charge on any atom is -0.297 e. The number of benzene rings is 1. The molecule has 2 atom stereocenters. The van der Waals surface area contributed by atoms with Crippen LogP contribution in [0.25, 0.3) is 11.1 Å². The third kappa shape index (κ3) is 2.76. The van der Waals surface area contributed by atoms with Gasteiger partial charge in [-0.25, -0.2) is 8.42 Å². The van der Waals surface area contributed by atoms with Crippen molar-refractivity contribution in [3.8, 4) is 11.1 Å². The monoisotopic (exact) mass is 377 g/mol. The second-order valence-electron chi connectivity index (χ2n) is 7.23.